The van der Waals surface area contributed by atoms with Gasteiger partial charge in [0.2, 0.25) is 5.91 Å². The average Bonchev–Trinajstić information content (AvgIpc) is 2.88. The van der Waals surface area contributed by atoms with Crippen LogP contribution in [0.1, 0.15) is 23.2 Å². The second-order valence-corrected chi connectivity index (χ2v) is 4.49. The number of nitrogens with one attached hydrogen (secondary N) is 2. The predicted molar refractivity (Wildman–Crippen MR) is 70.8 cm³/mol. The van der Waals surface area contributed by atoms with Gasteiger partial charge in [0, 0.05) is 37.6 Å². The molecule has 0 atom stereocenters. The molecule has 0 spiro atoms. The van der Waals surface area contributed by atoms with Crippen LogP contribution in [0, 0.1) is 0 Å². The van der Waals surface area contributed by atoms with Gasteiger partial charge >= 0.3 is 0 Å². The number of thiophene rings is 1. The summed E-state index contributed by atoms with van der Waals surface area (Å²) in [5.74, 6) is -0.104. The van der Waals surface area contributed by atoms with Crippen LogP contribution in [0.15, 0.2) is 16.8 Å². The lowest BCUT2D eigenvalue weighted by atomic mass is 10.2. The molecular formula is C12H18N2O3S. The van der Waals surface area contributed by atoms with Crippen molar-refractivity contribution in [2.45, 2.75) is 12.8 Å². The van der Waals surface area contributed by atoms with Crippen molar-refractivity contribution >= 4 is 23.2 Å². The molecule has 1 rings (SSSR count). The smallest absolute Gasteiger partial charge is 0.252 e. The van der Waals surface area contributed by atoms with Crippen molar-refractivity contribution in [3.8, 4) is 0 Å². The fourth-order valence-corrected chi connectivity index (χ4v) is 1.96. The highest BCUT2D eigenvalue weighted by Crippen LogP contribution is 2.05. The minimum atomic E-state index is -0.0870. The average molecular weight is 270 g/mol. The van der Waals surface area contributed by atoms with Gasteiger partial charge in [0.1, 0.15) is 0 Å². The zero-order valence-corrected chi connectivity index (χ0v) is 11.2. The third kappa shape index (κ3) is 5.79. The van der Waals surface area contributed by atoms with Crippen molar-refractivity contribution < 1.29 is 14.3 Å². The minimum Gasteiger partial charge on any atom is -0.383 e. The topological polar surface area (TPSA) is 67.4 Å². The molecule has 100 valence electrons. The normalized spacial score (nSPS) is 10.1. The number of ether oxygens (including phenoxy) is 1. The molecule has 5 nitrogen and oxygen atoms in total. The fraction of sp³-hybridized carbons (Fsp3) is 0.500. The molecule has 0 saturated carbocycles. The second kappa shape index (κ2) is 8.66. The van der Waals surface area contributed by atoms with Gasteiger partial charge in [-0.15, -0.1) is 0 Å². The van der Waals surface area contributed by atoms with Crippen LogP contribution < -0.4 is 10.6 Å². The van der Waals surface area contributed by atoms with Crippen molar-refractivity contribution in [3.05, 3.63) is 22.4 Å². The molecule has 18 heavy (non-hydrogen) atoms. The number of amides is 2. The van der Waals surface area contributed by atoms with Gasteiger partial charge in [-0.3, -0.25) is 9.59 Å². The number of hydrogen-bond donors (Lipinski definition) is 2. The largest absolute Gasteiger partial charge is 0.383 e. The number of methoxy groups -OCH3 is 1. The molecule has 1 aromatic heterocycles. The van der Waals surface area contributed by atoms with E-state index in [0.717, 1.165) is 0 Å². The summed E-state index contributed by atoms with van der Waals surface area (Å²) in [6, 6.07) is 1.78. The van der Waals surface area contributed by atoms with Crippen LogP contribution in [0.4, 0.5) is 0 Å². The highest BCUT2D eigenvalue weighted by Gasteiger charge is 2.05. The van der Waals surface area contributed by atoms with Crippen molar-refractivity contribution in [3.63, 3.8) is 0 Å². The Morgan fingerprint density at radius 2 is 2.17 bits per heavy atom. The Morgan fingerprint density at radius 3 is 2.83 bits per heavy atom. The van der Waals surface area contributed by atoms with E-state index in [9.17, 15) is 9.59 Å². The summed E-state index contributed by atoms with van der Waals surface area (Å²) in [6.45, 7) is 1.55. The zero-order valence-electron chi connectivity index (χ0n) is 10.4. The van der Waals surface area contributed by atoms with E-state index >= 15 is 0 Å². The third-order valence-corrected chi connectivity index (χ3v) is 2.96. The number of hydrogen-bond acceptors (Lipinski definition) is 4. The Kier molecular flexibility index (Phi) is 7.05. The van der Waals surface area contributed by atoms with E-state index in [1.165, 1.54) is 11.3 Å². The molecule has 0 fully saturated rings. The van der Waals surface area contributed by atoms with Gasteiger partial charge in [-0.05, 0) is 17.9 Å². The van der Waals surface area contributed by atoms with E-state index in [0.29, 0.717) is 38.1 Å². The van der Waals surface area contributed by atoms with E-state index < -0.39 is 0 Å². The summed E-state index contributed by atoms with van der Waals surface area (Å²) in [7, 11) is 1.59. The summed E-state index contributed by atoms with van der Waals surface area (Å²) in [5.41, 5.74) is 0.671. The molecule has 6 heteroatoms. The van der Waals surface area contributed by atoms with E-state index in [-0.39, 0.29) is 11.8 Å². The SMILES string of the molecule is COCCNC(=O)CCCNC(=O)c1ccsc1. The summed E-state index contributed by atoms with van der Waals surface area (Å²) >= 11 is 1.49. The number of rotatable bonds is 8. The molecule has 1 heterocycles. The van der Waals surface area contributed by atoms with Crippen LogP contribution in [0.3, 0.4) is 0 Å². The Bertz CT molecular complexity index is 365. The molecule has 1 aromatic rings. The van der Waals surface area contributed by atoms with Crippen molar-refractivity contribution in [2.75, 3.05) is 26.8 Å². The van der Waals surface area contributed by atoms with Gasteiger partial charge in [0.15, 0.2) is 0 Å². The van der Waals surface area contributed by atoms with E-state index in [2.05, 4.69) is 10.6 Å². The molecule has 0 radical (unpaired) electrons. The maximum absolute atomic E-state index is 11.5. The lowest BCUT2D eigenvalue weighted by Crippen LogP contribution is -2.29. The van der Waals surface area contributed by atoms with Crippen LogP contribution in [0.25, 0.3) is 0 Å². The summed E-state index contributed by atoms with van der Waals surface area (Å²) in [4.78, 5) is 22.9. The maximum Gasteiger partial charge on any atom is 0.252 e. The first kappa shape index (κ1) is 14.7. The fourth-order valence-electron chi connectivity index (χ4n) is 1.33. The molecular weight excluding hydrogens is 252 g/mol. The van der Waals surface area contributed by atoms with Crippen LogP contribution in [0.5, 0.6) is 0 Å². The Balaban J connectivity index is 2.04. The Morgan fingerprint density at radius 1 is 1.33 bits per heavy atom. The Hall–Kier alpha value is -1.40. The van der Waals surface area contributed by atoms with Crippen molar-refractivity contribution in [2.24, 2.45) is 0 Å². The molecule has 0 saturated heterocycles. The number of carbonyl (C=O) groups excluding carboxylic acids is 2. The zero-order chi connectivity index (χ0) is 13.2. The standard InChI is InChI=1S/C12H18N2O3S/c1-17-7-6-13-11(15)3-2-5-14-12(16)10-4-8-18-9-10/h4,8-9H,2-3,5-7H2,1H3,(H,13,15)(H,14,16). The molecule has 2 amide bonds. The van der Waals surface area contributed by atoms with Crippen LogP contribution in [-0.4, -0.2) is 38.6 Å². The van der Waals surface area contributed by atoms with Gasteiger partial charge in [-0.25, -0.2) is 0 Å². The maximum atomic E-state index is 11.5. The van der Waals surface area contributed by atoms with Crippen LogP contribution in [-0.2, 0) is 9.53 Å². The molecule has 0 aromatic carbocycles. The van der Waals surface area contributed by atoms with Crippen molar-refractivity contribution in [1.29, 1.82) is 0 Å². The monoisotopic (exact) mass is 270 g/mol. The van der Waals surface area contributed by atoms with Gasteiger partial charge < -0.3 is 15.4 Å². The first-order valence-corrected chi connectivity index (χ1v) is 6.74. The van der Waals surface area contributed by atoms with Crippen LogP contribution in [0.2, 0.25) is 0 Å². The van der Waals surface area contributed by atoms with Gasteiger partial charge in [-0.2, -0.15) is 11.3 Å². The van der Waals surface area contributed by atoms with Gasteiger partial charge in [0.25, 0.3) is 5.91 Å². The van der Waals surface area contributed by atoms with E-state index in [1.807, 2.05) is 5.38 Å². The highest BCUT2D eigenvalue weighted by molar-refractivity contribution is 7.08. The lowest BCUT2D eigenvalue weighted by Gasteiger charge is -2.05. The first-order chi connectivity index (χ1) is 8.74. The second-order valence-electron chi connectivity index (χ2n) is 3.71. The third-order valence-electron chi connectivity index (χ3n) is 2.28. The summed E-state index contributed by atoms with van der Waals surface area (Å²) in [6.07, 6.45) is 1.04. The van der Waals surface area contributed by atoms with Gasteiger partial charge in [0.05, 0.1) is 6.61 Å². The van der Waals surface area contributed by atoms with E-state index in [4.69, 9.17) is 4.74 Å². The van der Waals surface area contributed by atoms with E-state index in [1.54, 1.807) is 18.6 Å². The molecule has 2 N–H and O–H groups in total. The molecule has 0 aliphatic carbocycles. The molecule has 0 aliphatic heterocycles. The minimum absolute atomic E-state index is 0.0168. The molecule has 0 aliphatic rings. The lowest BCUT2D eigenvalue weighted by molar-refractivity contribution is -0.121. The number of carbonyl (C=O) groups is 2. The first-order valence-electron chi connectivity index (χ1n) is 5.80. The summed E-state index contributed by atoms with van der Waals surface area (Å²) in [5, 5.41) is 9.15. The molecule has 0 unspecified atom stereocenters. The Labute approximate surface area is 111 Å². The van der Waals surface area contributed by atoms with Crippen molar-refractivity contribution in [1.82, 2.24) is 10.6 Å². The van der Waals surface area contributed by atoms with Crippen LogP contribution >= 0.6 is 11.3 Å². The van der Waals surface area contributed by atoms with Gasteiger partial charge in [-0.1, -0.05) is 0 Å². The highest BCUT2D eigenvalue weighted by atomic mass is 32.1. The molecule has 0 bridgehead atoms. The predicted octanol–water partition coefficient (Wildman–Crippen LogP) is 1.02. The quantitative estimate of drug-likeness (QED) is 0.693. The summed E-state index contributed by atoms with van der Waals surface area (Å²) < 4.78 is 4.82.